The third kappa shape index (κ3) is 3.42. The number of rotatable bonds is 4. The molecule has 0 bridgehead atoms. The van der Waals surface area contributed by atoms with E-state index in [0.29, 0.717) is 40.1 Å². The number of hydrogen-bond donors (Lipinski definition) is 4. The Kier molecular flexibility index (Phi) is 5.43. The van der Waals surface area contributed by atoms with Crippen LogP contribution in [0, 0.1) is 0 Å². The van der Waals surface area contributed by atoms with Crippen molar-refractivity contribution in [3.63, 3.8) is 0 Å². The van der Waals surface area contributed by atoms with Crippen LogP contribution in [0.2, 0.25) is 0 Å². The Morgan fingerprint density at radius 2 is 2.32 bits per heavy atom. The van der Waals surface area contributed by atoms with Crippen molar-refractivity contribution in [2.24, 2.45) is 4.99 Å². The second kappa shape index (κ2) is 7.74. The van der Waals surface area contributed by atoms with E-state index >= 15 is 0 Å². The van der Waals surface area contributed by atoms with Gasteiger partial charge in [-0.05, 0) is 0 Å². The molecule has 3 rings (SSSR count). The molecule has 8 nitrogen and oxygen atoms in total. The number of nitrogens with zero attached hydrogens (tertiary/aromatic N) is 1. The third-order valence-electron chi connectivity index (χ3n) is 3.53. The number of methoxy groups -OCH3 is 1. The van der Waals surface area contributed by atoms with E-state index in [0.717, 1.165) is 0 Å². The summed E-state index contributed by atoms with van der Waals surface area (Å²) >= 11 is -0.656. The molecular weight excluding hydrogens is 439 g/mol. The first-order valence-corrected chi connectivity index (χ1v) is 9.85. The number of benzene rings is 1. The zero-order valence-electron chi connectivity index (χ0n) is 13.7. The molecule has 0 spiro atoms. The number of para-hydroxylation sites is 1. The molecule has 0 unspecified atom stereocenters. The number of fused-ring (bicyclic) bond motifs is 1. The Labute approximate surface area is 155 Å². The summed E-state index contributed by atoms with van der Waals surface area (Å²) < 4.78 is 16.5. The number of hydrogen-bond acceptors (Lipinski definition) is 6. The van der Waals surface area contributed by atoms with Gasteiger partial charge in [-0.1, -0.05) is 0 Å². The fourth-order valence-corrected chi connectivity index (χ4v) is 4.15. The number of halogens is 1. The molecule has 9 heteroatoms. The van der Waals surface area contributed by atoms with Crippen LogP contribution >= 0.6 is 0 Å². The van der Waals surface area contributed by atoms with Crippen molar-refractivity contribution < 1.29 is 40.9 Å². The number of ether oxygens (including phenoxy) is 2. The van der Waals surface area contributed by atoms with Crippen molar-refractivity contribution in [3.05, 3.63) is 39.3 Å². The number of nitrogens with one attached hydrogen (secondary N) is 3. The molecular formula is C16H18IN4O4-. The molecule has 1 aromatic carbocycles. The van der Waals surface area contributed by atoms with Gasteiger partial charge >= 0.3 is 156 Å². The zero-order valence-corrected chi connectivity index (χ0v) is 15.9. The average Bonchev–Trinajstić information content (AvgIpc) is 2.82. The fraction of sp³-hybridized carbons (Fsp3) is 0.250. The Morgan fingerprint density at radius 1 is 1.48 bits per heavy atom. The van der Waals surface area contributed by atoms with Gasteiger partial charge in [0, 0.05) is 0 Å². The summed E-state index contributed by atoms with van der Waals surface area (Å²) in [6.07, 6.45) is 0. The van der Waals surface area contributed by atoms with E-state index in [9.17, 15) is 4.79 Å². The van der Waals surface area contributed by atoms with Crippen LogP contribution in [0.15, 0.2) is 44.3 Å². The van der Waals surface area contributed by atoms with Crippen molar-refractivity contribution in [2.45, 2.75) is 0 Å². The normalized spacial score (nSPS) is 17.6. The standard InChI is InChI=1S/C16H18IN4O4/c1-18-16(23)9-8-17-21-15(19-6-7-22)14-12(9)20-13-10(24-2)4-3-5-11(13)25-14/h3-5,8,20,22H,6-7H2,1-2H3,(H,18,23)(H,19,21)/q-1. The van der Waals surface area contributed by atoms with Crippen LogP contribution in [0.25, 0.3) is 0 Å². The van der Waals surface area contributed by atoms with Crippen LogP contribution < -0.4 is 45.1 Å². The summed E-state index contributed by atoms with van der Waals surface area (Å²) in [5, 5.41) is 15.0. The summed E-state index contributed by atoms with van der Waals surface area (Å²) in [4.78, 5) is 16.7. The molecule has 134 valence electrons. The second-order valence-corrected chi connectivity index (χ2v) is 6.81. The van der Waals surface area contributed by atoms with Gasteiger partial charge in [-0.3, -0.25) is 0 Å². The number of aliphatic hydroxyl groups is 1. The zero-order chi connectivity index (χ0) is 17.8. The molecule has 0 saturated carbocycles. The van der Waals surface area contributed by atoms with Crippen molar-refractivity contribution in [2.75, 3.05) is 32.6 Å². The van der Waals surface area contributed by atoms with Crippen LogP contribution in [-0.2, 0) is 4.79 Å². The molecule has 2 aliphatic heterocycles. The molecule has 0 fully saturated rings. The van der Waals surface area contributed by atoms with Gasteiger partial charge in [0.05, 0.1) is 0 Å². The summed E-state index contributed by atoms with van der Waals surface area (Å²) in [5.74, 6) is 1.93. The van der Waals surface area contributed by atoms with E-state index in [-0.39, 0.29) is 19.1 Å². The van der Waals surface area contributed by atoms with Gasteiger partial charge in [-0.25, -0.2) is 0 Å². The topological polar surface area (TPSA) is 104 Å². The first-order valence-electron chi connectivity index (χ1n) is 7.52. The van der Waals surface area contributed by atoms with E-state index in [1.807, 2.05) is 22.3 Å². The predicted molar refractivity (Wildman–Crippen MR) is 88.9 cm³/mol. The van der Waals surface area contributed by atoms with E-state index in [2.05, 4.69) is 19.2 Å². The van der Waals surface area contributed by atoms with E-state index in [4.69, 9.17) is 14.6 Å². The molecule has 0 atom stereocenters. The number of aliphatic imine (C=N–C) groups is 1. The minimum absolute atomic E-state index is 0.0698. The van der Waals surface area contributed by atoms with Gasteiger partial charge in [0.1, 0.15) is 0 Å². The van der Waals surface area contributed by atoms with Crippen LogP contribution in [0.4, 0.5) is 5.69 Å². The van der Waals surface area contributed by atoms with Crippen molar-refractivity contribution >= 4 is 17.4 Å². The van der Waals surface area contributed by atoms with E-state index in [1.54, 1.807) is 14.2 Å². The Morgan fingerprint density at radius 3 is 3.04 bits per heavy atom. The molecule has 25 heavy (non-hydrogen) atoms. The van der Waals surface area contributed by atoms with Gasteiger partial charge in [-0.2, -0.15) is 0 Å². The molecule has 4 N–H and O–H groups in total. The maximum atomic E-state index is 12.3. The fourth-order valence-electron chi connectivity index (χ4n) is 2.38. The average molecular weight is 457 g/mol. The number of anilines is 1. The monoisotopic (exact) mass is 457 g/mol. The summed E-state index contributed by atoms with van der Waals surface area (Å²) in [7, 11) is 3.16. The Hall–Kier alpha value is -2.27. The number of carbonyl (C=O) groups is 1. The van der Waals surface area contributed by atoms with Crippen molar-refractivity contribution in [3.8, 4) is 11.5 Å². The van der Waals surface area contributed by atoms with Crippen molar-refractivity contribution in [1.82, 2.24) is 8.85 Å². The van der Waals surface area contributed by atoms with E-state index in [1.165, 1.54) is 0 Å². The second-order valence-electron chi connectivity index (χ2n) is 5.02. The summed E-state index contributed by atoms with van der Waals surface area (Å²) in [5.41, 5.74) is 1.67. The molecule has 0 aromatic heterocycles. The summed E-state index contributed by atoms with van der Waals surface area (Å²) in [6, 6.07) is 5.44. The first kappa shape index (κ1) is 17.5. The molecule has 2 heterocycles. The van der Waals surface area contributed by atoms with Gasteiger partial charge in [0.25, 0.3) is 0 Å². The van der Waals surface area contributed by atoms with Crippen LogP contribution in [0.3, 0.4) is 0 Å². The molecule has 0 saturated heterocycles. The Bertz CT molecular complexity index is 788. The number of amidine groups is 1. The summed E-state index contributed by atoms with van der Waals surface area (Å²) in [6.45, 7) is 0.173. The van der Waals surface area contributed by atoms with Crippen LogP contribution in [0.5, 0.6) is 11.5 Å². The predicted octanol–water partition coefficient (Wildman–Crippen LogP) is -2.66. The van der Waals surface area contributed by atoms with Gasteiger partial charge in [0.2, 0.25) is 0 Å². The van der Waals surface area contributed by atoms with Gasteiger partial charge in [-0.15, -0.1) is 0 Å². The molecule has 1 amide bonds. The van der Waals surface area contributed by atoms with Crippen LogP contribution in [-0.4, -0.2) is 44.2 Å². The quantitative estimate of drug-likeness (QED) is 0.291. The molecule has 2 aliphatic rings. The number of carbonyl (C=O) groups excluding carboxylic acids is 1. The minimum atomic E-state index is -0.656. The number of aliphatic hydroxyl groups excluding tert-OH is 1. The first-order chi connectivity index (χ1) is 12.2. The number of amides is 1. The number of likely N-dealkylation sites (N-methyl/N-ethyl adjacent to an activating group) is 1. The van der Waals surface area contributed by atoms with Gasteiger partial charge < -0.3 is 0 Å². The molecule has 0 radical (unpaired) electrons. The Balaban J connectivity index is 2.12. The van der Waals surface area contributed by atoms with Crippen molar-refractivity contribution in [1.29, 1.82) is 0 Å². The molecule has 0 aliphatic carbocycles. The van der Waals surface area contributed by atoms with Gasteiger partial charge in [0.15, 0.2) is 0 Å². The van der Waals surface area contributed by atoms with Crippen LogP contribution in [0.1, 0.15) is 0 Å². The molecule has 1 aromatic rings. The van der Waals surface area contributed by atoms with E-state index < -0.39 is 21.5 Å². The third-order valence-corrected chi connectivity index (χ3v) is 5.29. The maximum absolute atomic E-state index is 12.3. The SMILES string of the molecule is CNC(=O)C1=C[I-]NC(=NCCO)C2=C1Nc1c(OC)cccc1O2.